The van der Waals surface area contributed by atoms with Crippen molar-refractivity contribution in [3.05, 3.63) is 80.4 Å². The van der Waals surface area contributed by atoms with Crippen LogP contribution in [0.3, 0.4) is 0 Å². The number of amides is 1. The molecule has 0 radical (unpaired) electrons. The maximum absolute atomic E-state index is 12.6. The molecule has 0 aliphatic rings. The van der Waals surface area contributed by atoms with E-state index in [4.69, 9.17) is 16.0 Å². The number of benzene rings is 3. The van der Waals surface area contributed by atoms with E-state index in [9.17, 15) is 4.79 Å². The van der Waals surface area contributed by atoms with E-state index in [-0.39, 0.29) is 5.91 Å². The number of anilines is 1. The smallest absolute Gasteiger partial charge is 0.255 e. The van der Waals surface area contributed by atoms with Gasteiger partial charge in [0, 0.05) is 25.4 Å². The van der Waals surface area contributed by atoms with Gasteiger partial charge in [-0.05, 0) is 83.6 Å². The minimum Gasteiger partial charge on any atom is -0.436 e. The zero-order valence-electron chi connectivity index (χ0n) is 14.3. The van der Waals surface area contributed by atoms with Crippen LogP contribution >= 0.6 is 34.2 Å². The van der Waals surface area contributed by atoms with Crippen LogP contribution in [0.4, 0.5) is 5.69 Å². The highest BCUT2D eigenvalue weighted by Gasteiger charge is 2.13. The molecule has 1 aromatic heterocycles. The van der Waals surface area contributed by atoms with Crippen molar-refractivity contribution in [3.8, 4) is 11.5 Å². The number of fused-ring (bicyclic) bond motifs is 1. The highest BCUT2D eigenvalue weighted by Crippen LogP contribution is 2.29. The van der Waals surface area contributed by atoms with Crippen LogP contribution in [0.25, 0.3) is 22.6 Å². The first kappa shape index (κ1) is 18.0. The van der Waals surface area contributed by atoms with Gasteiger partial charge in [-0.25, -0.2) is 4.98 Å². The van der Waals surface area contributed by atoms with Crippen molar-refractivity contribution >= 4 is 56.9 Å². The van der Waals surface area contributed by atoms with Gasteiger partial charge in [-0.2, -0.15) is 0 Å². The molecule has 0 aliphatic heterocycles. The van der Waals surface area contributed by atoms with Crippen LogP contribution in [0.15, 0.2) is 65.1 Å². The molecule has 0 atom stereocenters. The SMILES string of the molecule is Cc1ccc(-c2nc3cc(Cl)ccc3o2)cc1NC(=O)c1cccc(I)c1. The van der Waals surface area contributed by atoms with Crippen molar-refractivity contribution in [2.24, 2.45) is 0 Å². The number of rotatable bonds is 3. The standard InChI is InChI=1S/C21H14ClIN2O2/c1-12-5-6-14(21-25-18-11-15(22)7-8-19(18)27-21)10-17(12)24-20(26)13-3-2-4-16(23)9-13/h2-11H,1H3,(H,24,26). The monoisotopic (exact) mass is 488 g/mol. The van der Waals surface area contributed by atoms with Gasteiger partial charge in [0.2, 0.25) is 5.89 Å². The van der Waals surface area contributed by atoms with Crippen molar-refractivity contribution in [1.29, 1.82) is 0 Å². The number of hydrogen-bond acceptors (Lipinski definition) is 3. The summed E-state index contributed by atoms with van der Waals surface area (Å²) in [7, 11) is 0. The Labute approximate surface area is 174 Å². The molecule has 0 aliphatic carbocycles. The highest BCUT2D eigenvalue weighted by atomic mass is 127. The van der Waals surface area contributed by atoms with Crippen LogP contribution in [-0.4, -0.2) is 10.9 Å². The van der Waals surface area contributed by atoms with Crippen LogP contribution in [0.5, 0.6) is 0 Å². The van der Waals surface area contributed by atoms with E-state index in [1.807, 2.05) is 43.3 Å². The van der Waals surface area contributed by atoms with E-state index in [1.165, 1.54) is 0 Å². The van der Waals surface area contributed by atoms with E-state index < -0.39 is 0 Å². The second kappa shape index (κ2) is 7.32. The number of carbonyl (C=O) groups is 1. The van der Waals surface area contributed by atoms with Gasteiger partial charge in [-0.1, -0.05) is 23.7 Å². The first-order chi connectivity index (χ1) is 13.0. The van der Waals surface area contributed by atoms with E-state index in [0.29, 0.717) is 27.6 Å². The lowest BCUT2D eigenvalue weighted by Crippen LogP contribution is -2.13. The molecule has 4 nitrogen and oxygen atoms in total. The fourth-order valence-corrected chi connectivity index (χ4v) is 3.45. The van der Waals surface area contributed by atoms with Gasteiger partial charge in [-0.15, -0.1) is 0 Å². The lowest BCUT2D eigenvalue weighted by atomic mass is 10.1. The van der Waals surface area contributed by atoms with Crippen LogP contribution in [0, 0.1) is 10.5 Å². The lowest BCUT2D eigenvalue weighted by Gasteiger charge is -2.10. The highest BCUT2D eigenvalue weighted by molar-refractivity contribution is 14.1. The summed E-state index contributed by atoms with van der Waals surface area (Å²) in [4.78, 5) is 17.1. The number of halogens is 2. The Bertz CT molecular complexity index is 1170. The molecule has 0 spiro atoms. The van der Waals surface area contributed by atoms with E-state index in [0.717, 1.165) is 20.4 Å². The zero-order valence-corrected chi connectivity index (χ0v) is 17.2. The van der Waals surface area contributed by atoms with Gasteiger partial charge in [0.05, 0.1) is 0 Å². The summed E-state index contributed by atoms with van der Waals surface area (Å²) in [6, 6.07) is 18.5. The predicted octanol–water partition coefficient (Wildman–Crippen LogP) is 6.31. The molecule has 1 N–H and O–H groups in total. The van der Waals surface area contributed by atoms with Gasteiger partial charge < -0.3 is 9.73 Å². The Morgan fingerprint density at radius 1 is 1.11 bits per heavy atom. The molecular weight excluding hydrogens is 475 g/mol. The number of oxazole rings is 1. The fourth-order valence-electron chi connectivity index (χ4n) is 2.74. The Hall–Kier alpha value is -2.38. The van der Waals surface area contributed by atoms with E-state index in [2.05, 4.69) is 32.9 Å². The molecule has 6 heteroatoms. The normalized spacial score (nSPS) is 10.9. The maximum Gasteiger partial charge on any atom is 0.255 e. The van der Waals surface area contributed by atoms with E-state index >= 15 is 0 Å². The minimum absolute atomic E-state index is 0.155. The zero-order chi connectivity index (χ0) is 19.0. The van der Waals surface area contributed by atoms with Crippen LogP contribution < -0.4 is 5.32 Å². The largest absolute Gasteiger partial charge is 0.436 e. The Morgan fingerprint density at radius 3 is 2.78 bits per heavy atom. The van der Waals surface area contributed by atoms with Crippen LogP contribution in [0.1, 0.15) is 15.9 Å². The molecule has 1 amide bonds. The van der Waals surface area contributed by atoms with Gasteiger partial charge in [0.25, 0.3) is 5.91 Å². The minimum atomic E-state index is -0.155. The molecule has 0 fully saturated rings. The van der Waals surface area contributed by atoms with Gasteiger partial charge in [0.1, 0.15) is 5.52 Å². The van der Waals surface area contributed by atoms with Crippen molar-refractivity contribution in [3.63, 3.8) is 0 Å². The summed E-state index contributed by atoms with van der Waals surface area (Å²) < 4.78 is 6.84. The third-order valence-corrected chi connectivity index (χ3v) is 5.08. The number of nitrogens with one attached hydrogen (secondary N) is 1. The first-order valence-corrected chi connectivity index (χ1v) is 9.69. The summed E-state index contributed by atoms with van der Waals surface area (Å²) in [6.07, 6.45) is 0. The average Bonchev–Trinajstić information content (AvgIpc) is 3.06. The van der Waals surface area contributed by atoms with Gasteiger partial charge in [-0.3, -0.25) is 4.79 Å². The molecule has 1 heterocycles. The number of nitrogens with zero attached hydrogens (tertiary/aromatic N) is 1. The van der Waals surface area contributed by atoms with Crippen molar-refractivity contribution in [2.45, 2.75) is 6.92 Å². The quantitative estimate of drug-likeness (QED) is 0.344. The summed E-state index contributed by atoms with van der Waals surface area (Å²) in [5, 5.41) is 3.58. The first-order valence-electron chi connectivity index (χ1n) is 8.23. The molecule has 0 unspecified atom stereocenters. The molecule has 27 heavy (non-hydrogen) atoms. The average molecular weight is 489 g/mol. The van der Waals surface area contributed by atoms with Gasteiger partial charge in [0.15, 0.2) is 5.58 Å². The molecule has 3 aromatic carbocycles. The van der Waals surface area contributed by atoms with Crippen molar-refractivity contribution in [1.82, 2.24) is 4.98 Å². The third-order valence-electron chi connectivity index (χ3n) is 4.17. The summed E-state index contributed by atoms with van der Waals surface area (Å²) in [5.41, 5.74) is 4.43. The van der Waals surface area contributed by atoms with Crippen molar-refractivity contribution < 1.29 is 9.21 Å². The Balaban J connectivity index is 1.67. The van der Waals surface area contributed by atoms with Gasteiger partial charge >= 0.3 is 0 Å². The number of aryl methyl sites for hydroxylation is 1. The second-order valence-corrected chi connectivity index (χ2v) is 7.81. The molecule has 4 rings (SSSR count). The third kappa shape index (κ3) is 3.84. The number of aromatic nitrogens is 1. The topological polar surface area (TPSA) is 55.1 Å². The van der Waals surface area contributed by atoms with Crippen LogP contribution in [0.2, 0.25) is 5.02 Å². The molecule has 0 bridgehead atoms. The van der Waals surface area contributed by atoms with Crippen LogP contribution in [-0.2, 0) is 0 Å². The lowest BCUT2D eigenvalue weighted by molar-refractivity contribution is 0.102. The number of hydrogen-bond donors (Lipinski definition) is 1. The molecule has 134 valence electrons. The molecule has 0 saturated heterocycles. The summed E-state index contributed by atoms with van der Waals surface area (Å²) >= 11 is 8.21. The Morgan fingerprint density at radius 2 is 1.96 bits per heavy atom. The number of carbonyl (C=O) groups excluding carboxylic acids is 1. The molecule has 0 saturated carbocycles. The fraction of sp³-hybridized carbons (Fsp3) is 0.0476. The van der Waals surface area contributed by atoms with Crippen molar-refractivity contribution in [2.75, 3.05) is 5.32 Å². The summed E-state index contributed by atoms with van der Waals surface area (Å²) in [5.74, 6) is 0.329. The van der Waals surface area contributed by atoms with E-state index in [1.54, 1.807) is 24.3 Å². The predicted molar refractivity (Wildman–Crippen MR) is 116 cm³/mol. The molecule has 4 aromatic rings. The summed E-state index contributed by atoms with van der Waals surface area (Å²) in [6.45, 7) is 1.94. The second-order valence-electron chi connectivity index (χ2n) is 6.13. The maximum atomic E-state index is 12.6. The molecular formula is C21H14ClIN2O2. The Kier molecular flexibility index (Phi) is 4.88.